The van der Waals surface area contributed by atoms with Gasteiger partial charge in [0.1, 0.15) is 0 Å². The first-order chi connectivity index (χ1) is 10.2. The van der Waals surface area contributed by atoms with E-state index >= 15 is 0 Å². The first-order valence-corrected chi connectivity index (χ1v) is 8.60. The zero-order valence-corrected chi connectivity index (χ0v) is 14.0. The topological polar surface area (TPSA) is 12.0 Å². The molecule has 2 rings (SSSR count). The Bertz CT molecular complexity index is 538. The minimum Gasteiger partial charge on any atom is -0.309 e. The van der Waals surface area contributed by atoms with Crippen molar-refractivity contribution in [2.45, 2.75) is 43.4 Å². The first kappa shape index (κ1) is 16.1. The van der Waals surface area contributed by atoms with Gasteiger partial charge in [0.2, 0.25) is 0 Å². The summed E-state index contributed by atoms with van der Waals surface area (Å²) in [6.45, 7) is 7.73. The SMILES string of the molecule is CCCNC(c1ccccc1)C(C)Sc1cccc(C)c1. The Kier molecular flexibility index (Phi) is 6.34. The summed E-state index contributed by atoms with van der Waals surface area (Å²) in [5.74, 6) is 0. The quantitative estimate of drug-likeness (QED) is 0.704. The van der Waals surface area contributed by atoms with Crippen LogP contribution >= 0.6 is 11.8 Å². The number of rotatable bonds is 7. The molecule has 1 nitrogen and oxygen atoms in total. The molecule has 0 fully saturated rings. The molecule has 0 saturated carbocycles. The van der Waals surface area contributed by atoms with Crippen molar-refractivity contribution in [3.8, 4) is 0 Å². The highest BCUT2D eigenvalue weighted by molar-refractivity contribution is 8.00. The lowest BCUT2D eigenvalue weighted by Crippen LogP contribution is -2.29. The summed E-state index contributed by atoms with van der Waals surface area (Å²) in [6, 6.07) is 19.9. The fraction of sp³-hybridized carbons (Fsp3) is 0.368. The lowest BCUT2D eigenvalue weighted by molar-refractivity contribution is 0.528. The summed E-state index contributed by atoms with van der Waals surface area (Å²) in [4.78, 5) is 1.35. The van der Waals surface area contributed by atoms with E-state index in [2.05, 4.69) is 80.7 Å². The smallest absolute Gasteiger partial charge is 0.0441 e. The first-order valence-electron chi connectivity index (χ1n) is 7.72. The Hall–Kier alpha value is -1.25. The highest BCUT2D eigenvalue weighted by Crippen LogP contribution is 2.32. The van der Waals surface area contributed by atoms with Crippen molar-refractivity contribution < 1.29 is 0 Å². The highest BCUT2D eigenvalue weighted by Gasteiger charge is 2.19. The molecule has 2 aromatic carbocycles. The average molecular weight is 299 g/mol. The van der Waals surface area contributed by atoms with Crippen LogP contribution in [0.5, 0.6) is 0 Å². The molecule has 0 bridgehead atoms. The Morgan fingerprint density at radius 2 is 1.81 bits per heavy atom. The second kappa shape index (κ2) is 8.26. The Morgan fingerprint density at radius 1 is 1.05 bits per heavy atom. The molecule has 0 radical (unpaired) electrons. The number of hydrogen-bond donors (Lipinski definition) is 1. The fourth-order valence-corrected chi connectivity index (χ4v) is 3.72. The van der Waals surface area contributed by atoms with Crippen LogP contribution in [-0.2, 0) is 0 Å². The van der Waals surface area contributed by atoms with Crippen LogP contribution in [0.15, 0.2) is 59.5 Å². The molecular formula is C19H25NS. The van der Waals surface area contributed by atoms with Crippen LogP contribution in [0.2, 0.25) is 0 Å². The Balaban J connectivity index is 2.12. The lowest BCUT2D eigenvalue weighted by atomic mass is 10.0. The number of aryl methyl sites for hydroxylation is 1. The number of nitrogens with one attached hydrogen (secondary N) is 1. The van der Waals surface area contributed by atoms with Crippen molar-refractivity contribution in [1.82, 2.24) is 5.32 Å². The summed E-state index contributed by atoms with van der Waals surface area (Å²) >= 11 is 1.95. The molecule has 0 spiro atoms. The van der Waals surface area contributed by atoms with Crippen molar-refractivity contribution in [3.05, 3.63) is 65.7 Å². The molecule has 0 aliphatic heterocycles. The van der Waals surface area contributed by atoms with Crippen LogP contribution in [-0.4, -0.2) is 11.8 Å². The molecule has 2 unspecified atom stereocenters. The third-order valence-electron chi connectivity index (χ3n) is 3.55. The van der Waals surface area contributed by atoms with Crippen LogP contribution < -0.4 is 5.32 Å². The van der Waals surface area contributed by atoms with Crippen molar-refractivity contribution in [1.29, 1.82) is 0 Å². The molecule has 0 heterocycles. The summed E-state index contributed by atoms with van der Waals surface area (Å²) in [5.41, 5.74) is 2.70. The maximum atomic E-state index is 3.70. The maximum Gasteiger partial charge on any atom is 0.0441 e. The molecule has 0 aliphatic carbocycles. The molecule has 21 heavy (non-hydrogen) atoms. The molecule has 0 amide bonds. The molecule has 2 aromatic rings. The van der Waals surface area contributed by atoms with Gasteiger partial charge in [0.25, 0.3) is 0 Å². The van der Waals surface area contributed by atoms with E-state index in [1.807, 2.05) is 11.8 Å². The minimum absolute atomic E-state index is 0.386. The summed E-state index contributed by atoms with van der Waals surface area (Å²) in [5, 5.41) is 4.19. The average Bonchev–Trinajstić information content (AvgIpc) is 2.49. The van der Waals surface area contributed by atoms with E-state index in [4.69, 9.17) is 0 Å². The van der Waals surface area contributed by atoms with Crippen LogP contribution in [0, 0.1) is 6.92 Å². The summed E-state index contributed by atoms with van der Waals surface area (Å²) < 4.78 is 0. The predicted molar refractivity (Wildman–Crippen MR) is 94.0 cm³/mol. The molecule has 0 aromatic heterocycles. The van der Waals surface area contributed by atoms with Gasteiger partial charge in [-0.05, 0) is 37.6 Å². The monoisotopic (exact) mass is 299 g/mol. The van der Waals surface area contributed by atoms with Gasteiger partial charge in [-0.2, -0.15) is 0 Å². The minimum atomic E-state index is 0.386. The molecular weight excluding hydrogens is 274 g/mol. The molecule has 2 atom stereocenters. The van der Waals surface area contributed by atoms with Crippen LogP contribution in [0.3, 0.4) is 0 Å². The molecule has 112 valence electrons. The van der Waals surface area contributed by atoms with Gasteiger partial charge in [-0.1, -0.05) is 61.9 Å². The van der Waals surface area contributed by atoms with Crippen molar-refractivity contribution in [3.63, 3.8) is 0 Å². The maximum absolute atomic E-state index is 3.70. The number of hydrogen-bond acceptors (Lipinski definition) is 2. The van der Waals surface area contributed by atoms with Crippen molar-refractivity contribution >= 4 is 11.8 Å². The van der Waals surface area contributed by atoms with E-state index in [1.54, 1.807) is 0 Å². The van der Waals surface area contributed by atoms with E-state index < -0.39 is 0 Å². The zero-order valence-electron chi connectivity index (χ0n) is 13.2. The van der Waals surface area contributed by atoms with E-state index in [0.29, 0.717) is 11.3 Å². The van der Waals surface area contributed by atoms with Gasteiger partial charge in [0.15, 0.2) is 0 Å². The second-order valence-corrected chi connectivity index (χ2v) is 6.93. The second-order valence-electron chi connectivity index (χ2n) is 5.48. The van der Waals surface area contributed by atoms with E-state index in [0.717, 1.165) is 13.0 Å². The normalized spacial score (nSPS) is 13.9. The standard InChI is InChI=1S/C19H25NS/c1-4-13-20-19(17-10-6-5-7-11-17)16(3)21-18-12-8-9-15(2)14-18/h5-12,14,16,19-20H,4,13H2,1-3H3. The van der Waals surface area contributed by atoms with Gasteiger partial charge in [-0.25, -0.2) is 0 Å². The van der Waals surface area contributed by atoms with E-state index in [1.165, 1.54) is 16.0 Å². The van der Waals surface area contributed by atoms with Gasteiger partial charge < -0.3 is 5.32 Å². The van der Waals surface area contributed by atoms with Gasteiger partial charge in [0.05, 0.1) is 0 Å². The number of benzene rings is 2. The molecule has 0 aliphatic rings. The van der Waals surface area contributed by atoms with Gasteiger partial charge in [-0.15, -0.1) is 11.8 Å². The summed E-state index contributed by atoms with van der Waals surface area (Å²) in [6.07, 6.45) is 1.16. The van der Waals surface area contributed by atoms with E-state index in [-0.39, 0.29) is 0 Å². The number of thioether (sulfide) groups is 1. The van der Waals surface area contributed by atoms with Gasteiger partial charge in [-0.3, -0.25) is 0 Å². The van der Waals surface area contributed by atoms with Crippen LogP contribution in [0.25, 0.3) is 0 Å². The summed E-state index contributed by atoms with van der Waals surface area (Å²) in [7, 11) is 0. The molecule has 0 saturated heterocycles. The molecule has 2 heteroatoms. The van der Waals surface area contributed by atoms with Crippen molar-refractivity contribution in [2.24, 2.45) is 0 Å². The fourth-order valence-electron chi connectivity index (χ4n) is 2.49. The Labute approximate surface area is 133 Å². The van der Waals surface area contributed by atoms with Crippen LogP contribution in [0.4, 0.5) is 0 Å². The van der Waals surface area contributed by atoms with Crippen LogP contribution in [0.1, 0.15) is 37.4 Å². The van der Waals surface area contributed by atoms with E-state index in [9.17, 15) is 0 Å². The third-order valence-corrected chi connectivity index (χ3v) is 4.72. The third kappa shape index (κ3) is 4.90. The van der Waals surface area contributed by atoms with Gasteiger partial charge >= 0.3 is 0 Å². The Morgan fingerprint density at radius 3 is 2.48 bits per heavy atom. The zero-order chi connectivity index (χ0) is 15.1. The van der Waals surface area contributed by atoms with Crippen molar-refractivity contribution in [2.75, 3.05) is 6.54 Å². The largest absolute Gasteiger partial charge is 0.309 e. The molecule has 1 N–H and O–H groups in total. The lowest BCUT2D eigenvalue weighted by Gasteiger charge is -2.25. The predicted octanol–water partition coefficient (Wildman–Crippen LogP) is 5.22. The highest BCUT2D eigenvalue weighted by atomic mass is 32.2. The van der Waals surface area contributed by atoms with Gasteiger partial charge in [0, 0.05) is 16.2 Å².